The van der Waals surface area contributed by atoms with E-state index in [2.05, 4.69) is 10.2 Å². The van der Waals surface area contributed by atoms with Gasteiger partial charge in [-0.1, -0.05) is 49.2 Å². The van der Waals surface area contributed by atoms with Crippen molar-refractivity contribution in [1.82, 2.24) is 4.90 Å². The normalized spacial score (nSPS) is 23.2. The molecule has 0 aromatic heterocycles. The zero-order chi connectivity index (χ0) is 28.3. The molecule has 4 N–H and O–H groups in total. The Hall–Kier alpha value is -2.82. The van der Waals surface area contributed by atoms with Crippen LogP contribution in [0, 0.1) is 0 Å². The van der Waals surface area contributed by atoms with E-state index < -0.39 is 12.3 Å². The van der Waals surface area contributed by atoms with Crippen molar-refractivity contribution in [2.24, 2.45) is 0 Å². The SMILES string of the molecule is O=C(O)CCCCCCC(=O)Nc1ccc([C@H]2O[C@@H](CN3CCC[C@H]3CO)C[C@@H](c3ccc(CO)cc3)O2)cc1. The number of hydrogen-bond donors (Lipinski definition) is 4. The highest BCUT2D eigenvalue weighted by Gasteiger charge is 2.35. The summed E-state index contributed by atoms with van der Waals surface area (Å²) in [4.78, 5) is 25.2. The molecule has 4 rings (SSSR count). The summed E-state index contributed by atoms with van der Waals surface area (Å²) in [6.45, 7) is 1.81. The number of rotatable bonds is 14. The highest BCUT2D eigenvalue weighted by Crippen LogP contribution is 2.39. The van der Waals surface area contributed by atoms with Crippen LogP contribution in [-0.4, -0.2) is 63.9 Å². The average Bonchev–Trinajstić information content (AvgIpc) is 3.42. The van der Waals surface area contributed by atoms with Crippen molar-refractivity contribution in [3.63, 3.8) is 0 Å². The predicted molar refractivity (Wildman–Crippen MR) is 151 cm³/mol. The van der Waals surface area contributed by atoms with Gasteiger partial charge in [0.2, 0.25) is 5.91 Å². The van der Waals surface area contributed by atoms with Gasteiger partial charge < -0.3 is 30.1 Å². The van der Waals surface area contributed by atoms with Crippen LogP contribution in [-0.2, 0) is 25.7 Å². The molecule has 0 radical (unpaired) electrons. The standard InChI is InChI=1S/C31H42N2O7/c34-20-22-9-11-23(12-10-22)28-18-27(19-33-17-5-6-26(33)21-35)39-31(40-28)24-13-15-25(16-14-24)32-29(36)7-3-1-2-4-8-30(37)38/h9-16,26-28,31,34-35H,1-8,17-21H2,(H,32,36)(H,37,38)/t26-,27+,28-,31-/m0/s1. The van der Waals surface area contributed by atoms with Crippen molar-refractivity contribution in [3.8, 4) is 0 Å². The summed E-state index contributed by atoms with van der Waals surface area (Å²) in [6, 6.07) is 15.5. The Morgan fingerprint density at radius 1 is 0.900 bits per heavy atom. The molecule has 2 aromatic carbocycles. The van der Waals surface area contributed by atoms with Crippen molar-refractivity contribution in [3.05, 3.63) is 65.2 Å². The molecule has 9 heteroatoms. The first-order valence-corrected chi connectivity index (χ1v) is 14.4. The minimum absolute atomic E-state index is 0.00659. The van der Waals surface area contributed by atoms with E-state index in [9.17, 15) is 19.8 Å². The summed E-state index contributed by atoms with van der Waals surface area (Å²) in [5.41, 5.74) is 3.44. The first-order valence-electron chi connectivity index (χ1n) is 14.4. The lowest BCUT2D eigenvalue weighted by Crippen LogP contribution is -2.42. The molecule has 0 spiro atoms. The van der Waals surface area contributed by atoms with E-state index in [1.807, 2.05) is 48.5 Å². The molecule has 0 bridgehead atoms. The first-order chi connectivity index (χ1) is 19.4. The minimum atomic E-state index is -0.783. The number of anilines is 1. The molecule has 2 saturated heterocycles. The van der Waals surface area contributed by atoms with E-state index in [1.165, 1.54) is 0 Å². The van der Waals surface area contributed by atoms with Crippen LogP contribution in [0.3, 0.4) is 0 Å². The number of nitrogens with one attached hydrogen (secondary N) is 1. The van der Waals surface area contributed by atoms with Crippen molar-refractivity contribution in [1.29, 1.82) is 0 Å². The van der Waals surface area contributed by atoms with Gasteiger partial charge in [-0.05, 0) is 55.5 Å². The van der Waals surface area contributed by atoms with Crippen molar-refractivity contribution in [2.75, 3.05) is 25.0 Å². The van der Waals surface area contributed by atoms with Crippen molar-refractivity contribution in [2.45, 2.75) is 88.9 Å². The van der Waals surface area contributed by atoms with Gasteiger partial charge in [-0.3, -0.25) is 14.5 Å². The molecule has 0 aliphatic carbocycles. The van der Waals surface area contributed by atoms with Crippen LogP contribution in [0.5, 0.6) is 0 Å². The van der Waals surface area contributed by atoms with Gasteiger partial charge in [-0.2, -0.15) is 0 Å². The van der Waals surface area contributed by atoms with Crippen LogP contribution in [0.1, 0.15) is 86.9 Å². The van der Waals surface area contributed by atoms with Gasteiger partial charge in [0.05, 0.1) is 25.4 Å². The smallest absolute Gasteiger partial charge is 0.303 e. The largest absolute Gasteiger partial charge is 0.481 e. The lowest BCUT2D eigenvalue weighted by Gasteiger charge is -2.38. The highest BCUT2D eigenvalue weighted by molar-refractivity contribution is 5.90. The van der Waals surface area contributed by atoms with Crippen LogP contribution in [0.4, 0.5) is 5.69 Å². The highest BCUT2D eigenvalue weighted by atomic mass is 16.7. The van der Waals surface area contributed by atoms with Gasteiger partial charge in [-0.25, -0.2) is 0 Å². The topological polar surface area (TPSA) is 129 Å². The third kappa shape index (κ3) is 8.84. The second kappa shape index (κ2) is 15.3. The maximum Gasteiger partial charge on any atom is 0.303 e. The number of carboxylic acids is 1. The number of likely N-dealkylation sites (tertiary alicyclic amines) is 1. The number of aliphatic hydroxyl groups excluding tert-OH is 2. The number of aliphatic carboxylic acids is 1. The Kier molecular flexibility index (Phi) is 11.5. The molecular formula is C31H42N2O7. The average molecular weight is 555 g/mol. The minimum Gasteiger partial charge on any atom is -0.481 e. The number of amides is 1. The maximum absolute atomic E-state index is 12.4. The maximum atomic E-state index is 12.4. The molecule has 2 aliphatic rings. The van der Waals surface area contributed by atoms with Crippen LogP contribution in [0.15, 0.2) is 48.5 Å². The Morgan fingerprint density at radius 3 is 2.27 bits per heavy atom. The number of benzene rings is 2. The molecule has 2 heterocycles. The summed E-state index contributed by atoms with van der Waals surface area (Å²) in [5.74, 6) is -0.846. The Labute approximate surface area is 236 Å². The number of carboxylic acid groups (broad SMARTS) is 1. The van der Waals surface area contributed by atoms with Crippen molar-refractivity contribution < 1.29 is 34.4 Å². The van der Waals surface area contributed by atoms with Gasteiger partial charge in [0.25, 0.3) is 0 Å². The van der Waals surface area contributed by atoms with Crippen molar-refractivity contribution >= 4 is 17.6 Å². The summed E-state index contributed by atoms with van der Waals surface area (Å²) in [7, 11) is 0. The quantitative estimate of drug-likeness (QED) is 0.251. The summed E-state index contributed by atoms with van der Waals surface area (Å²) in [6.07, 6.45) is 5.49. The molecule has 9 nitrogen and oxygen atoms in total. The molecule has 2 aliphatic heterocycles. The number of carbonyl (C=O) groups is 2. The summed E-state index contributed by atoms with van der Waals surface area (Å²) in [5, 5.41) is 30.8. The number of nitrogens with zero attached hydrogens (tertiary/aromatic N) is 1. The number of ether oxygens (including phenoxy) is 2. The molecule has 2 aromatic rings. The second-order valence-electron chi connectivity index (χ2n) is 10.8. The lowest BCUT2D eigenvalue weighted by atomic mass is 9.99. The van der Waals surface area contributed by atoms with E-state index in [0.29, 0.717) is 24.9 Å². The fraction of sp³-hybridized carbons (Fsp3) is 0.548. The van der Waals surface area contributed by atoms with Gasteiger partial charge in [0.15, 0.2) is 6.29 Å². The Balaban J connectivity index is 1.36. The van der Waals surface area contributed by atoms with E-state index >= 15 is 0 Å². The van der Waals surface area contributed by atoms with Gasteiger partial charge in [0.1, 0.15) is 0 Å². The summed E-state index contributed by atoms with van der Waals surface area (Å²) >= 11 is 0. The number of hydrogen-bond acceptors (Lipinski definition) is 7. The summed E-state index contributed by atoms with van der Waals surface area (Å²) < 4.78 is 12.9. The molecule has 0 saturated carbocycles. The van der Waals surface area contributed by atoms with E-state index in [-0.39, 0.29) is 43.8 Å². The molecule has 1 amide bonds. The molecule has 40 heavy (non-hydrogen) atoms. The van der Waals surface area contributed by atoms with Gasteiger partial charge in [0, 0.05) is 43.1 Å². The zero-order valence-corrected chi connectivity index (χ0v) is 23.0. The van der Waals surface area contributed by atoms with E-state index in [0.717, 1.165) is 61.9 Å². The van der Waals surface area contributed by atoms with Crippen LogP contribution in [0.25, 0.3) is 0 Å². The molecule has 218 valence electrons. The zero-order valence-electron chi connectivity index (χ0n) is 23.0. The second-order valence-corrected chi connectivity index (χ2v) is 10.8. The van der Waals surface area contributed by atoms with Crippen LogP contribution < -0.4 is 5.32 Å². The third-order valence-electron chi connectivity index (χ3n) is 7.77. The Morgan fingerprint density at radius 2 is 1.60 bits per heavy atom. The van der Waals surface area contributed by atoms with E-state index in [4.69, 9.17) is 14.6 Å². The molecule has 4 atom stereocenters. The van der Waals surface area contributed by atoms with Crippen LogP contribution in [0.2, 0.25) is 0 Å². The predicted octanol–water partition coefficient (Wildman–Crippen LogP) is 4.54. The number of carbonyl (C=O) groups excluding carboxylic acids is 1. The molecule has 0 unspecified atom stereocenters. The number of aliphatic hydroxyl groups is 2. The molecular weight excluding hydrogens is 512 g/mol. The van der Waals surface area contributed by atoms with Gasteiger partial charge in [-0.15, -0.1) is 0 Å². The van der Waals surface area contributed by atoms with E-state index in [1.54, 1.807) is 0 Å². The van der Waals surface area contributed by atoms with Crippen LogP contribution >= 0.6 is 0 Å². The molecule has 2 fully saturated rings. The number of unbranched alkanes of at least 4 members (excludes halogenated alkanes) is 3. The fourth-order valence-corrected chi connectivity index (χ4v) is 5.50. The monoisotopic (exact) mass is 554 g/mol. The fourth-order valence-electron chi connectivity index (χ4n) is 5.50. The van der Waals surface area contributed by atoms with Gasteiger partial charge >= 0.3 is 5.97 Å². The third-order valence-corrected chi connectivity index (χ3v) is 7.77. The Bertz CT molecular complexity index is 1080. The lowest BCUT2D eigenvalue weighted by molar-refractivity contribution is -0.253. The first kappa shape index (κ1) is 30.1.